The van der Waals surface area contributed by atoms with Gasteiger partial charge in [0.1, 0.15) is 18.2 Å². The normalized spacial score (nSPS) is 14.5. The van der Waals surface area contributed by atoms with Crippen molar-refractivity contribution in [3.8, 4) is 6.07 Å². The second kappa shape index (κ2) is 8.14. The first-order chi connectivity index (χ1) is 13.7. The number of sulfonamides is 1. The fraction of sp³-hybridized carbons (Fsp3) is 0.368. The number of amides is 1. The van der Waals surface area contributed by atoms with E-state index < -0.39 is 21.5 Å². The van der Waals surface area contributed by atoms with Crippen molar-refractivity contribution < 1.29 is 13.2 Å². The number of aryl methyl sites for hydroxylation is 1. The third-order valence-electron chi connectivity index (χ3n) is 4.88. The standard InChI is InChI=1S/C19H21N5O4S/c1-13-14(2)22-24(19(26)17(13)11-20)12-18(25)21-15-5-7-16(8-6-15)29(27,28)23-9-3-4-10-23/h5-8H,3-4,9-10,12H2,1-2H3,(H,21,25). The SMILES string of the molecule is Cc1nn(CC(=O)Nc2ccc(S(=O)(=O)N3CCCC3)cc2)c(=O)c(C#N)c1C. The van der Waals surface area contributed by atoms with E-state index in [1.54, 1.807) is 13.8 Å². The van der Waals surface area contributed by atoms with Gasteiger partial charge in [-0.3, -0.25) is 9.59 Å². The van der Waals surface area contributed by atoms with Gasteiger partial charge in [0.15, 0.2) is 0 Å². The summed E-state index contributed by atoms with van der Waals surface area (Å²) in [6.07, 6.45) is 1.71. The van der Waals surface area contributed by atoms with Crippen molar-refractivity contribution in [2.45, 2.75) is 38.1 Å². The topological polar surface area (TPSA) is 125 Å². The lowest BCUT2D eigenvalue weighted by atomic mass is 10.1. The van der Waals surface area contributed by atoms with Crippen LogP contribution in [0.25, 0.3) is 0 Å². The summed E-state index contributed by atoms with van der Waals surface area (Å²) in [4.78, 5) is 24.7. The minimum atomic E-state index is -3.52. The van der Waals surface area contributed by atoms with Gasteiger partial charge in [0.05, 0.1) is 10.6 Å². The number of anilines is 1. The number of nitrogens with zero attached hydrogens (tertiary/aromatic N) is 4. The molecule has 9 nitrogen and oxygen atoms in total. The molecule has 1 N–H and O–H groups in total. The zero-order valence-electron chi connectivity index (χ0n) is 16.2. The molecule has 1 fully saturated rings. The summed E-state index contributed by atoms with van der Waals surface area (Å²) in [5, 5.41) is 15.8. The predicted molar refractivity (Wildman–Crippen MR) is 106 cm³/mol. The van der Waals surface area contributed by atoms with Crippen LogP contribution in [0.5, 0.6) is 0 Å². The second-order valence-corrected chi connectivity index (χ2v) is 8.78. The van der Waals surface area contributed by atoms with E-state index in [2.05, 4.69) is 10.4 Å². The van der Waals surface area contributed by atoms with Crippen molar-refractivity contribution in [1.29, 1.82) is 5.26 Å². The molecule has 2 aromatic rings. The van der Waals surface area contributed by atoms with Crippen molar-refractivity contribution >= 4 is 21.6 Å². The van der Waals surface area contributed by atoms with Crippen molar-refractivity contribution in [1.82, 2.24) is 14.1 Å². The highest BCUT2D eigenvalue weighted by atomic mass is 32.2. The molecule has 3 rings (SSSR count). The molecule has 0 unspecified atom stereocenters. The molecule has 2 heterocycles. The van der Waals surface area contributed by atoms with E-state index in [0.717, 1.165) is 17.5 Å². The Bertz CT molecular complexity index is 1140. The molecule has 10 heteroatoms. The number of hydrogen-bond donors (Lipinski definition) is 1. The fourth-order valence-corrected chi connectivity index (χ4v) is 4.65. The molecular weight excluding hydrogens is 394 g/mol. The molecule has 1 aliphatic heterocycles. The molecule has 152 valence electrons. The Morgan fingerprint density at radius 1 is 1.21 bits per heavy atom. The first-order valence-corrected chi connectivity index (χ1v) is 10.6. The summed E-state index contributed by atoms with van der Waals surface area (Å²) in [5.74, 6) is -0.512. The van der Waals surface area contributed by atoms with E-state index in [1.165, 1.54) is 28.6 Å². The average molecular weight is 415 g/mol. The molecule has 1 aliphatic rings. The van der Waals surface area contributed by atoms with Crippen LogP contribution in [0.15, 0.2) is 34.0 Å². The Kier molecular flexibility index (Phi) is 5.81. The quantitative estimate of drug-likeness (QED) is 0.781. The zero-order valence-corrected chi connectivity index (χ0v) is 17.0. The number of hydrogen-bond acceptors (Lipinski definition) is 6. The van der Waals surface area contributed by atoms with Gasteiger partial charge in [-0.15, -0.1) is 0 Å². The summed E-state index contributed by atoms with van der Waals surface area (Å²) in [5.41, 5.74) is 0.710. The van der Waals surface area contributed by atoms with Gasteiger partial charge < -0.3 is 5.32 Å². The van der Waals surface area contributed by atoms with Crippen LogP contribution in [0.3, 0.4) is 0 Å². The Morgan fingerprint density at radius 3 is 2.41 bits per heavy atom. The number of nitriles is 1. The molecule has 0 saturated carbocycles. The van der Waals surface area contributed by atoms with E-state index in [0.29, 0.717) is 30.0 Å². The largest absolute Gasteiger partial charge is 0.324 e. The van der Waals surface area contributed by atoms with E-state index in [-0.39, 0.29) is 17.0 Å². The number of aromatic nitrogens is 2. The second-order valence-electron chi connectivity index (χ2n) is 6.84. The van der Waals surface area contributed by atoms with Gasteiger partial charge >= 0.3 is 0 Å². The van der Waals surface area contributed by atoms with E-state index in [9.17, 15) is 18.0 Å². The van der Waals surface area contributed by atoms with Crippen LogP contribution in [0, 0.1) is 25.2 Å². The van der Waals surface area contributed by atoms with Crippen LogP contribution in [0.4, 0.5) is 5.69 Å². The summed E-state index contributed by atoms with van der Waals surface area (Å²) in [6, 6.07) is 7.73. The minimum Gasteiger partial charge on any atom is -0.324 e. The van der Waals surface area contributed by atoms with Gasteiger partial charge in [0.25, 0.3) is 5.56 Å². The lowest BCUT2D eigenvalue weighted by Gasteiger charge is -2.15. The molecule has 1 aromatic carbocycles. The molecule has 0 bridgehead atoms. The third kappa shape index (κ3) is 4.21. The molecule has 0 atom stereocenters. The van der Waals surface area contributed by atoms with Crippen molar-refractivity contribution in [3.05, 3.63) is 51.4 Å². The lowest BCUT2D eigenvalue weighted by Crippen LogP contribution is -2.32. The Balaban J connectivity index is 1.73. The lowest BCUT2D eigenvalue weighted by molar-refractivity contribution is -0.117. The van der Waals surface area contributed by atoms with E-state index in [1.807, 2.05) is 6.07 Å². The molecule has 1 amide bonds. The van der Waals surface area contributed by atoms with Gasteiger partial charge in [-0.2, -0.15) is 14.7 Å². The van der Waals surface area contributed by atoms with E-state index in [4.69, 9.17) is 5.26 Å². The highest BCUT2D eigenvalue weighted by molar-refractivity contribution is 7.89. The fourth-order valence-electron chi connectivity index (χ4n) is 3.13. The molecule has 0 aliphatic carbocycles. The van der Waals surface area contributed by atoms with Gasteiger partial charge in [-0.05, 0) is 56.5 Å². The number of benzene rings is 1. The molecule has 0 spiro atoms. The van der Waals surface area contributed by atoms with Crippen LogP contribution in [0.2, 0.25) is 0 Å². The zero-order chi connectivity index (χ0) is 21.2. The molecule has 1 saturated heterocycles. The molecule has 1 aromatic heterocycles. The Hall–Kier alpha value is -3.03. The van der Waals surface area contributed by atoms with Crippen LogP contribution in [-0.4, -0.2) is 41.5 Å². The van der Waals surface area contributed by atoms with Crippen LogP contribution >= 0.6 is 0 Å². The Labute approximate surface area is 168 Å². The highest BCUT2D eigenvalue weighted by Gasteiger charge is 2.27. The van der Waals surface area contributed by atoms with Crippen molar-refractivity contribution in [2.24, 2.45) is 0 Å². The summed E-state index contributed by atoms with van der Waals surface area (Å²) >= 11 is 0. The third-order valence-corrected chi connectivity index (χ3v) is 6.80. The summed E-state index contributed by atoms with van der Waals surface area (Å²) in [6.45, 7) is 3.96. The van der Waals surface area contributed by atoms with Gasteiger partial charge in [0, 0.05) is 18.8 Å². The van der Waals surface area contributed by atoms with Crippen LogP contribution < -0.4 is 10.9 Å². The van der Waals surface area contributed by atoms with Gasteiger partial charge in [-0.1, -0.05) is 0 Å². The first kappa shape index (κ1) is 20.7. The smallest absolute Gasteiger partial charge is 0.285 e. The number of carbonyl (C=O) groups is 1. The number of rotatable bonds is 5. The minimum absolute atomic E-state index is 0.0400. The highest BCUT2D eigenvalue weighted by Crippen LogP contribution is 2.22. The van der Waals surface area contributed by atoms with Gasteiger partial charge in [0.2, 0.25) is 15.9 Å². The number of carbonyl (C=O) groups excluding carboxylic acids is 1. The maximum absolute atomic E-state index is 12.5. The van der Waals surface area contributed by atoms with Crippen LogP contribution in [0.1, 0.15) is 29.7 Å². The molecule has 29 heavy (non-hydrogen) atoms. The number of nitrogens with one attached hydrogen (secondary N) is 1. The monoisotopic (exact) mass is 415 g/mol. The molecular formula is C19H21N5O4S. The maximum atomic E-state index is 12.5. The average Bonchev–Trinajstić information content (AvgIpc) is 3.23. The Morgan fingerprint density at radius 2 is 1.83 bits per heavy atom. The van der Waals surface area contributed by atoms with E-state index >= 15 is 0 Å². The summed E-state index contributed by atoms with van der Waals surface area (Å²) < 4.78 is 27.5. The van der Waals surface area contributed by atoms with Gasteiger partial charge in [-0.25, -0.2) is 13.1 Å². The van der Waals surface area contributed by atoms with Crippen molar-refractivity contribution in [3.63, 3.8) is 0 Å². The van der Waals surface area contributed by atoms with Crippen molar-refractivity contribution in [2.75, 3.05) is 18.4 Å². The maximum Gasteiger partial charge on any atom is 0.285 e. The predicted octanol–water partition coefficient (Wildman–Crippen LogP) is 1.16. The first-order valence-electron chi connectivity index (χ1n) is 9.12. The summed E-state index contributed by atoms with van der Waals surface area (Å²) in [7, 11) is -3.52. The van der Waals surface area contributed by atoms with Crippen LogP contribution in [-0.2, 0) is 21.4 Å². The molecule has 0 radical (unpaired) electrons.